The second kappa shape index (κ2) is 18.0. The van der Waals surface area contributed by atoms with Crippen molar-refractivity contribution < 1.29 is 58.1 Å². The highest BCUT2D eigenvalue weighted by Crippen LogP contribution is 2.51. The van der Waals surface area contributed by atoms with E-state index >= 15 is 0 Å². The third-order valence-electron chi connectivity index (χ3n) is 12.1. The molecule has 0 amide bonds. The quantitative estimate of drug-likeness (QED) is 0.0259. The molecular formula is C45H47N2O12S4-3. The Morgan fingerprint density at radius 2 is 1.41 bits per heavy atom. The van der Waals surface area contributed by atoms with E-state index in [1.54, 1.807) is 12.1 Å². The Bertz CT molecular complexity index is 2990. The third kappa shape index (κ3) is 10.2. The normalized spacial score (nSPS) is 18.7. The molecule has 7 rings (SSSR count). The fourth-order valence-electron chi connectivity index (χ4n) is 9.29. The molecule has 0 aromatic heterocycles. The predicted molar refractivity (Wildman–Crippen MR) is 237 cm³/mol. The Morgan fingerprint density at radius 3 is 2.11 bits per heavy atom. The topological polar surface area (TPSA) is 219 Å². The predicted octanol–water partition coefficient (Wildman–Crippen LogP) is 7.04. The van der Waals surface area contributed by atoms with Gasteiger partial charge in [-0.05, 0) is 127 Å². The van der Waals surface area contributed by atoms with Crippen molar-refractivity contribution in [2.45, 2.75) is 86.8 Å². The molecule has 4 aromatic rings. The first-order valence-corrected chi connectivity index (χ1v) is 25.7. The minimum atomic E-state index is -4.67. The molecule has 2 aliphatic heterocycles. The van der Waals surface area contributed by atoms with Crippen molar-refractivity contribution in [1.82, 2.24) is 0 Å². The van der Waals surface area contributed by atoms with Crippen LogP contribution in [0.4, 0.5) is 11.4 Å². The highest BCUT2D eigenvalue weighted by atomic mass is 32.2. The third-order valence-corrected chi connectivity index (χ3v) is 15.1. The summed E-state index contributed by atoms with van der Waals surface area (Å²) in [6.07, 6.45) is 13.4. The Labute approximate surface area is 372 Å². The lowest BCUT2D eigenvalue weighted by Gasteiger charge is -2.27. The maximum atomic E-state index is 11.8. The summed E-state index contributed by atoms with van der Waals surface area (Å²) in [5, 5.41) is 17.3. The van der Waals surface area contributed by atoms with E-state index in [9.17, 15) is 44.2 Å². The smallest absolute Gasteiger partial charge is 0.210 e. The maximum absolute atomic E-state index is 11.8. The molecule has 4 aromatic carbocycles. The highest BCUT2D eigenvalue weighted by molar-refractivity contribution is 7.94. The first kappa shape index (κ1) is 46.8. The molecule has 3 aliphatic rings. The second-order valence-electron chi connectivity index (χ2n) is 17.1. The number of rotatable bonds is 17. The molecule has 0 N–H and O–H groups in total. The maximum Gasteiger partial charge on any atom is 0.210 e. The van der Waals surface area contributed by atoms with Gasteiger partial charge in [0.05, 0.1) is 42.6 Å². The molecule has 63 heavy (non-hydrogen) atoms. The molecule has 0 spiro atoms. The Balaban J connectivity index is 1.21. The van der Waals surface area contributed by atoms with Crippen LogP contribution in [-0.2, 0) is 50.6 Å². The van der Waals surface area contributed by atoms with E-state index in [2.05, 4.69) is 76.9 Å². The Kier molecular flexibility index (Phi) is 13.4. The lowest BCUT2D eigenvalue weighted by molar-refractivity contribution is -0.777. The first-order chi connectivity index (χ1) is 29.6. The molecule has 0 bridgehead atoms. The number of unbranched alkanes of at least 4 members (excludes halogenated alkanes) is 2. The van der Waals surface area contributed by atoms with Gasteiger partial charge in [0.2, 0.25) is 5.69 Å². The van der Waals surface area contributed by atoms with Gasteiger partial charge < -0.3 is 23.8 Å². The van der Waals surface area contributed by atoms with Gasteiger partial charge in [-0.2, -0.15) is 8.91 Å². The van der Waals surface area contributed by atoms with E-state index < -0.39 is 52.7 Å². The van der Waals surface area contributed by atoms with Crippen LogP contribution in [0.2, 0.25) is 0 Å². The van der Waals surface area contributed by atoms with E-state index in [0.29, 0.717) is 36.2 Å². The minimum Gasteiger partial charge on any atom is -0.748 e. The number of anilines is 1. The van der Waals surface area contributed by atoms with Gasteiger partial charge in [-0.1, -0.05) is 50.3 Å². The number of hydrogen-bond donors (Lipinski definition) is 0. The van der Waals surface area contributed by atoms with Crippen LogP contribution in [0.25, 0.3) is 21.5 Å². The largest absolute Gasteiger partial charge is 0.748 e. The number of benzene rings is 4. The lowest BCUT2D eigenvalue weighted by atomic mass is 9.79. The molecule has 0 fully saturated rings. The van der Waals surface area contributed by atoms with Crippen molar-refractivity contribution in [3.8, 4) is 0 Å². The molecule has 0 radical (unpaired) electrons. The average molecular weight is 936 g/mol. The van der Waals surface area contributed by atoms with Crippen LogP contribution in [0.5, 0.6) is 0 Å². The van der Waals surface area contributed by atoms with Crippen molar-refractivity contribution in [2.75, 3.05) is 29.5 Å². The highest BCUT2D eigenvalue weighted by Gasteiger charge is 2.45. The van der Waals surface area contributed by atoms with E-state index in [4.69, 9.17) is 0 Å². The van der Waals surface area contributed by atoms with Crippen molar-refractivity contribution in [3.05, 3.63) is 119 Å². The molecule has 0 saturated carbocycles. The summed E-state index contributed by atoms with van der Waals surface area (Å²) in [5.41, 5.74) is 6.93. The van der Waals surface area contributed by atoms with Gasteiger partial charge in [0.1, 0.15) is 16.7 Å². The van der Waals surface area contributed by atoms with Gasteiger partial charge in [0.15, 0.2) is 5.71 Å². The second-order valence-corrected chi connectivity index (χ2v) is 22.3. The Hall–Kier alpha value is -4.21. The van der Waals surface area contributed by atoms with Crippen LogP contribution in [0.1, 0.15) is 77.3 Å². The lowest BCUT2D eigenvalue weighted by Crippen LogP contribution is -2.28. The van der Waals surface area contributed by atoms with Crippen LogP contribution in [0.15, 0.2) is 118 Å². The summed E-state index contributed by atoms with van der Waals surface area (Å²) in [7, 11) is -13.4. The molecule has 18 heteroatoms. The van der Waals surface area contributed by atoms with Gasteiger partial charge in [-0.3, -0.25) is 5.04 Å². The van der Waals surface area contributed by atoms with Gasteiger partial charge >= 0.3 is 0 Å². The molecule has 0 atom stereocenters. The van der Waals surface area contributed by atoms with Crippen LogP contribution in [0, 0.1) is 0 Å². The Morgan fingerprint density at radius 1 is 0.746 bits per heavy atom. The number of hydrogen-bond acceptors (Lipinski definition) is 14. The van der Waals surface area contributed by atoms with Crippen LogP contribution in [-0.4, -0.2) is 73.8 Å². The van der Waals surface area contributed by atoms with E-state index in [1.807, 2.05) is 36.4 Å². The summed E-state index contributed by atoms with van der Waals surface area (Å²) in [6, 6.07) is 17.8. The van der Waals surface area contributed by atoms with Gasteiger partial charge in [0, 0.05) is 63.9 Å². The summed E-state index contributed by atoms with van der Waals surface area (Å²) in [4.78, 5) is 2.57. The van der Waals surface area contributed by atoms with Crippen LogP contribution in [0.3, 0.4) is 0 Å². The minimum absolute atomic E-state index is 0.189. The van der Waals surface area contributed by atoms with Gasteiger partial charge in [0.25, 0.3) is 0 Å². The zero-order chi connectivity index (χ0) is 45.5. The van der Waals surface area contributed by atoms with Crippen molar-refractivity contribution in [3.63, 3.8) is 0 Å². The summed E-state index contributed by atoms with van der Waals surface area (Å²) in [5.74, 6) is -0.905. The molecule has 336 valence electrons. The first-order valence-electron chi connectivity index (χ1n) is 20.4. The van der Waals surface area contributed by atoms with Gasteiger partial charge in [-0.25, -0.2) is 25.3 Å². The summed E-state index contributed by atoms with van der Waals surface area (Å²) >= 11 is 0.815. The van der Waals surface area contributed by atoms with E-state index in [1.165, 1.54) is 12.1 Å². The van der Waals surface area contributed by atoms with Crippen LogP contribution >= 0.6 is 12.0 Å². The molecule has 2 heterocycles. The molecule has 0 unspecified atom stereocenters. The van der Waals surface area contributed by atoms with Crippen molar-refractivity contribution >= 4 is 81.0 Å². The standard InChI is InChI=1S/C45H50N2O12S4/c1-44(2)40(46(23-5-7-25-61(49,50)51)38-19-13-32-28-34(60-59-58-48)15-17-36(32)42(38)44)21-11-30-9-10-31(27-30)12-22-41-45(3,4)43-37-18-16-35(63(55,56)57)29-33(37)14-20-39(43)47(41)24-6-8-26-62(52,53)54/h11-22,27-29H,5-10,23-26H2,1-4H3,(H3-,48,49,50,51,52,53,54,55,56,57)/p-3. The average Bonchev–Trinajstić information content (AvgIpc) is 3.81. The zero-order valence-electron chi connectivity index (χ0n) is 35.2. The SMILES string of the molecule is CC1(C)C(=CC=C2C=C(C=CC3=[N+](CCCCS(=O)(=O)[O-])c4ccc5cc(S(=O)(=O)[O-])ccc5c4C3(C)C)CC2)N(CCCCS(=O)(=O)[O-])c2ccc3cc(SOO[O-])ccc3c21. The number of allylic oxidation sites excluding steroid dienone is 8. The molecular weight excluding hydrogens is 889 g/mol. The van der Waals surface area contributed by atoms with E-state index in [-0.39, 0.29) is 17.7 Å². The number of fused-ring (bicyclic) bond motifs is 6. The fourth-order valence-corrected chi connectivity index (χ4v) is 11.3. The van der Waals surface area contributed by atoms with Crippen molar-refractivity contribution in [1.29, 1.82) is 0 Å². The molecule has 14 nitrogen and oxygen atoms in total. The van der Waals surface area contributed by atoms with Gasteiger partial charge in [-0.15, -0.1) is 0 Å². The monoisotopic (exact) mass is 935 g/mol. The summed E-state index contributed by atoms with van der Waals surface area (Å²) < 4.78 is 111. The molecule has 1 aliphatic carbocycles. The summed E-state index contributed by atoms with van der Waals surface area (Å²) in [6.45, 7) is 9.35. The zero-order valence-corrected chi connectivity index (χ0v) is 38.4. The molecule has 0 saturated heterocycles. The van der Waals surface area contributed by atoms with Crippen LogP contribution < -0.4 is 10.2 Å². The number of nitrogens with zero attached hydrogens (tertiary/aromatic N) is 2. The van der Waals surface area contributed by atoms with E-state index in [0.717, 1.165) is 86.1 Å². The fraction of sp³-hybridized carbons (Fsp3) is 0.356. The van der Waals surface area contributed by atoms with Crippen molar-refractivity contribution in [2.24, 2.45) is 0 Å².